The van der Waals surface area contributed by atoms with E-state index < -0.39 is 34.9 Å². The molecule has 0 N–H and O–H groups in total. The number of methoxy groups -OCH3 is 1. The maximum absolute atomic E-state index is 14.2. The van der Waals surface area contributed by atoms with Gasteiger partial charge in [-0.25, -0.2) is 9.79 Å². The van der Waals surface area contributed by atoms with Crippen LogP contribution >= 0.6 is 0 Å². The second kappa shape index (κ2) is 8.65. The molecule has 3 aliphatic rings. The molecule has 0 radical (unpaired) electrons. The van der Waals surface area contributed by atoms with Crippen molar-refractivity contribution in [2.75, 3.05) is 7.11 Å². The number of Topliss-reactive ketones (excluding diaryl/α,β-unsaturated/α-hetero) is 1. The molecule has 38 heavy (non-hydrogen) atoms. The molecule has 0 saturated carbocycles. The van der Waals surface area contributed by atoms with Gasteiger partial charge in [0.1, 0.15) is 17.8 Å². The predicted octanol–water partition coefficient (Wildman–Crippen LogP) is 4.91. The molecule has 3 aliphatic heterocycles. The summed E-state index contributed by atoms with van der Waals surface area (Å²) in [5, 5.41) is 6.59. The lowest BCUT2D eigenvalue weighted by atomic mass is 9.70. The topological polar surface area (TPSA) is 80.6 Å². The Morgan fingerprint density at radius 3 is 2.34 bits per heavy atom. The monoisotopic (exact) mass is 507 g/mol. The maximum Gasteiger partial charge on any atom is 0.344 e. The van der Waals surface area contributed by atoms with Gasteiger partial charge in [-0.15, -0.1) is 0 Å². The molecule has 0 aliphatic carbocycles. The molecule has 6 rings (SSSR count). The van der Waals surface area contributed by atoms with Crippen LogP contribution in [0.25, 0.3) is 0 Å². The van der Waals surface area contributed by atoms with Crippen molar-refractivity contribution in [1.29, 1.82) is 0 Å². The van der Waals surface area contributed by atoms with Gasteiger partial charge in [-0.05, 0) is 41.0 Å². The summed E-state index contributed by atoms with van der Waals surface area (Å²) in [7, 11) is 1.61. The molecule has 0 bridgehead atoms. The first-order valence-corrected chi connectivity index (χ1v) is 12.7. The van der Waals surface area contributed by atoms with Gasteiger partial charge < -0.3 is 9.47 Å². The smallest absolute Gasteiger partial charge is 0.344 e. The molecule has 0 unspecified atom stereocenters. The molecular weight excluding hydrogens is 478 g/mol. The Labute approximate surface area is 221 Å². The van der Waals surface area contributed by atoms with Crippen molar-refractivity contribution in [3.63, 3.8) is 0 Å². The molecule has 7 nitrogen and oxygen atoms in total. The van der Waals surface area contributed by atoms with E-state index in [4.69, 9.17) is 19.6 Å². The summed E-state index contributed by atoms with van der Waals surface area (Å²) >= 11 is 0. The number of ether oxygens (including phenoxy) is 2. The van der Waals surface area contributed by atoms with Crippen LogP contribution in [-0.4, -0.2) is 47.6 Å². The Morgan fingerprint density at radius 2 is 1.66 bits per heavy atom. The van der Waals surface area contributed by atoms with Gasteiger partial charge in [-0.3, -0.25) is 9.80 Å². The van der Waals surface area contributed by atoms with Crippen molar-refractivity contribution in [2.45, 2.75) is 44.3 Å². The largest absolute Gasteiger partial charge is 0.497 e. The maximum atomic E-state index is 14.2. The molecule has 3 heterocycles. The third-order valence-corrected chi connectivity index (χ3v) is 7.68. The Balaban J connectivity index is 1.65. The van der Waals surface area contributed by atoms with Crippen LogP contribution in [0.4, 0.5) is 0 Å². The number of cyclic esters (lactones) is 1. The minimum absolute atomic E-state index is 0.0205. The van der Waals surface area contributed by atoms with E-state index in [2.05, 4.69) is 0 Å². The van der Waals surface area contributed by atoms with E-state index in [0.29, 0.717) is 11.3 Å². The normalized spacial score (nSPS) is 25.6. The zero-order chi connectivity index (χ0) is 26.7. The van der Waals surface area contributed by atoms with Crippen molar-refractivity contribution < 1.29 is 19.1 Å². The molecule has 1 fully saturated rings. The van der Waals surface area contributed by atoms with Crippen LogP contribution in [0.5, 0.6) is 5.75 Å². The average molecular weight is 508 g/mol. The number of hydrogen-bond acceptors (Lipinski definition) is 7. The lowest BCUT2D eigenvalue weighted by molar-refractivity contribution is -0.140. The van der Waals surface area contributed by atoms with Crippen molar-refractivity contribution in [2.24, 2.45) is 15.5 Å². The summed E-state index contributed by atoms with van der Waals surface area (Å²) in [6.45, 7) is 5.69. The number of carbonyl (C=O) groups excluding carboxylic acids is 2. The molecule has 7 heteroatoms. The average Bonchev–Trinajstić information content (AvgIpc) is 3.43. The Hall–Kier alpha value is -4.26. The summed E-state index contributed by atoms with van der Waals surface area (Å²) in [6, 6.07) is 23.4. The van der Waals surface area contributed by atoms with Gasteiger partial charge in [-0.1, -0.05) is 75.4 Å². The van der Waals surface area contributed by atoms with Crippen molar-refractivity contribution in [3.8, 4) is 5.75 Å². The Morgan fingerprint density at radius 1 is 0.974 bits per heavy atom. The molecule has 3 aromatic carbocycles. The Bertz CT molecular complexity index is 1470. The number of nitrogens with zero attached hydrogens (tertiary/aromatic N) is 3. The van der Waals surface area contributed by atoms with E-state index in [1.165, 1.54) is 0 Å². The zero-order valence-electron chi connectivity index (χ0n) is 21.8. The standard InChI is InChI=1S/C31H29N3O4/c1-30(2,3)27(35)25-24(19-14-16-22(37-4)17-15-19)31(26-23-13-9-8-12-21(23)18-32-34(25)26)29(36)38-28(33-31)20-10-6-5-7-11-20/h5-18,24-26H,1-4H3/t24-,25-,26+,31+/m0/s1. The summed E-state index contributed by atoms with van der Waals surface area (Å²) in [4.78, 5) is 33.5. The highest BCUT2D eigenvalue weighted by molar-refractivity contribution is 6.10. The van der Waals surface area contributed by atoms with Crippen LogP contribution < -0.4 is 4.74 Å². The van der Waals surface area contributed by atoms with Crippen molar-refractivity contribution in [3.05, 3.63) is 101 Å². The van der Waals surface area contributed by atoms with Gasteiger partial charge >= 0.3 is 5.97 Å². The number of ketones is 1. The molecule has 1 spiro atoms. The quantitative estimate of drug-likeness (QED) is 0.469. The number of rotatable bonds is 4. The number of hydrogen-bond donors (Lipinski definition) is 0. The predicted molar refractivity (Wildman–Crippen MR) is 144 cm³/mol. The van der Waals surface area contributed by atoms with E-state index in [-0.39, 0.29) is 11.7 Å². The summed E-state index contributed by atoms with van der Waals surface area (Å²) in [6.07, 6.45) is 1.76. The van der Waals surface area contributed by atoms with E-state index in [0.717, 1.165) is 16.7 Å². The fourth-order valence-electron chi connectivity index (χ4n) is 5.89. The van der Waals surface area contributed by atoms with Gasteiger partial charge in [0, 0.05) is 11.0 Å². The van der Waals surface area contributed by atoms with E-state index >= 15 is 0 Å². The summed E-state index contributed by atoms with van der Waals surface area (Å²) in [5.74, 6) is -0.216. The molecule has 1 saturated heterocycles. The van der Waals surface area contributed by atoms with Gasteiger partial charge in [0.05, 0.1) is 19.2 Å². The molecule has 0 aromatic heterocycles. The minimum atomic E-state index is -1.43. The van der Waals surface area contributed by atoms with Crippen LogP contribution in [0.1, 0.15) is 55.0 Å². The lowest BCUT2D eigenvalue weighted by Crippen LogP contribution is -2.45. The molecule has 4 atom stereocenters. The van der Waals surface area contributed by atoms with Crippen molar-refractivity contribution in [1.82, 2.24) is 5.01 Å². The molecule has 192 valence electrons. The number of hydrazone groups is 1. The van der Waals surface area contributed by atoms with Gasteiger partial charge in [0.15, 0.2) is 11.3 Å². The number of aliphatic imine (C=N–C) groups is 1. The van der Waals surface area contributed by atoms with E-state index in [1.54, 1.807) is 18.3 Å². The van der Waals surface area contributed by atoms with Gasteiger partial charge in [0.25, 0.3) is 0 Å². The van der Waals surface area contributed by atoms with Crippen molar-refractivity contribution >= 4 is 23.9 Å². The first-order valence-electron chi connectivity index (χ1n) is 12.7. The van der Waals surface area contributed by atoms with E-state index in [1.807, 2.05) is 99.6 Å². The minimum Gasteiger partial charge on any atom is -0.497 e. The van der Waals surface area contributed by atoms with Crippen LogP contribution in [0.3, 0.4) is 0 Å². The Kier molecular flexibility index (Phi) is 5.49. The zero-order valence-corrected chi connectivity index (χ0v) is 21.8. The first kappa shape index (κ1) is 24.1. The fraction of sp³-hybridized carbons (Fsp3) is 0.290. The summed E-state index contributed by atoms with van der Waals surface area (Å²) in [5.41, 5.74) is 1.16. The highest BCUT2D eigenvalue weighted by Crippen LogP contribution is 2.59. The highest BCUT2D eigenvalue weighted by atomic mass is 16.6. The number of benzene rings is 3. The van der Waals surface area contributed by atoms with Gasteiger partial charge in [-0.2, -0.15) is 5.10 Å². The van der Waals surface area contributed by atoms with Crippen LogP contribution in [0, 0.1) is 5.41 Å². The number of fused-ring (bicyclic) bond motifs is 4. The third kappa shape index (κ3) is 3.49. The van der Waals surface area contributed by atoms with E-state index in [9.17, 15) is 9.59 Å². The third-order valence-electron chi connectivity index (χ3n) is 7.68. The highest BCUT2D eigenvalue weighted by Gasteiger charge is 2.71. The van der Waals surface area contributed by atoms with Gasteiger partial charge in [0.2, 0.25) is 5.90 Å². The molecule has 0 amide bonds. The second-order valence-corrected chi connectivity index (χ2v) is 11.0. The number of carbonyl (C=O) groups is 2. The van der Waals surface area contributed by atoms with Crippen LogP contribution in [-0.2, 0) is 14.3 Å². The summed E-state index contributed by atoms with van der Waals surface area (Å²) < 4.78 is 11.4. The van der Waals surface area contributed by atoms with Crippen LogP contribution in [0.15, 0.2) is 89.0 Å². The SMILES string of the molecule is COc1ccc([C@H]2[C@@H](C(=O)C(C)(C)C)N3N=Cc4ccccc4[C@@H]3[C@]23N=C(c2ccccc2)OC3=O)cc1. The lowest BCUT2D eigenvalue weighted by Gasteiger charge is -2.35. The molecule has 3 aromatic rings. The fourth-order valence-corrected chi connectivity index (χ4v) is 5.89. The van der Waals surface area contributed by atoms with Crippen LogP contribution in [0.2, 0.25) is 0 Å². The number of esters is 1. The first-order chi connectivity index (χ1) is 18.3. The molecular formula is C31H29N3O4. The second-order valence-electron chi connectivity index (χ2n) is 11.0.